The summed E-state index contributed by atoms with van der Waals surface area (Å²) in [6.45, 7) is 9.66. The van der Waals surface area contributed by atoms with Crippen LogP contribution in [-0.2, 0) is 0 Å². The van der Waals surface area contributed by atoms with Crippen molar-refractivity contribution in [2.75, 3.05) is 6.54 Å². The molecule has 0 saturated heterocycles. The minimum Gasteiger partial charge on any atom is -0.308 e. The van der Waals surface area contributed by atoms with E-state index < -0.39 is 0 Å². The van der Waals surface area contributed by atoms with Crippen molar-refractivity contribution in [1.29, 1.82) is 0 Å². The van der Waals surface area contributed by atoms with E-state index in [0.717, 1.165) is 6.54 Å². The molecule has 1 atom stereocenters. The lowest BCUT2D eigenvalue weighted by Crippen LogP contribution is -2.20. The predicted octanol–water partition coefficient (Wildman–Crippen LogP) is 3.60. The van der Waals surface area contributed by atoms with Crippen molar-refractivity contribution < 1.29 is 0 Å². The molecular formula is C12H22N2S. The molecule has 1 aromatic rings. The Morgan fingerprint density at radius 3 is 2.53 bits per heavy atom. The van der Waals surface area contributed by atoms with Gasteiger partial charge in [0.05, 0.1) is 11.7 Å². The number of aromatic nitrogens is 1. The lowest BCUT2D eigenvalue weighted by molar-refractivity contribution is 0.492. The standard InChI is InChI=1S/C12H22N2S/c1-5-7-8-11(13-6-2)12-14-9(3)10(4)15-12/h11,13H,5-8H2,1-4H3. The molecule has 1 N–H and O–H groups in total. The summed E-state index contributed by atoms with van der Waals surface area (Å²) in [4.78, 5) is 5.99. The lowest BCUT2D eigenvalue weighted by Gasteiger charge is -2.14. The molecule has 3 heteroatoms. The van der Waals surface area contributed by atoms with Gasteiger partial charge in [-0.25, -0.2) is 4.98 Å². The van der Waals surface area contributed by atoms with Gasteiger partial charge in [0, 0.05) is 4.88 Å². The number of thiazole rings is 1. The number of hydrogen-bond donors (Lipinski definition) is 1. The Morgan fingerprint density at radius 2 is 2.07 bits per heavy atom. The molecule has 0 saturated carbocycles. The summed E-state index contributed by atoms with van der Waals surface area (Å²) in [5.74, 6) is 0. The molecule has 1 unspecified atom stereocenters. The monoisotopic (exact) mass is 226 g/mol. The van der Waals surface area contributed by atoms with Crippen molar-refractivity contribution in [2.24, 2.45) is 0 Å². The van der Waals surface area contributed by atoms with Crippen molar-refractivity contribution in [3.8, 4) is 0 Å². The van der Waals surface area contributed by atoms with Gasteiger partial charge in [-0.3, -0.25) is 0 Å². The van der Waals surface area contributed by atoms with Crippen molar-refractivity contribution in [1.82, 2.24) is 10.3 Å². The SMILES string of the molecule is CCCCC(NCC)c1nc(C)c(C)s1. The highest BCUT2D eigenvalue weighted by molar-refractivity contribution is 7.11. The second-order valence-corrected chi connectivity index (χ2v) is 5.18. The van der Waals surface area contributed by atoms with Crippen LogP contribution < -0.4 is 5.32 Å². The van der Waals surface area contributed by atoms with Gasteiger partial charge in [0.15, 0.2) is 0 Å². The van der Waals surface area contributed by atoms with Crippen LogP contribution in [0, 0.1) is 13.8 Å². The van der Waals surface area contributed by atoms with Crippen molar-refractivity contribution in [3.05, 3.63) is 15.6 Å². The average Bonchev–Trinajstić information content (AvgIpc) is 2.54. The van der Waals surface area contributed by atoms with E-state index in [0.29, 0.717) is 6.04 Å². The van der Waals surface area contributed by atoms with Gasteiger partial charge in [0.25, 0.3) is 0 Å². The summed E-state index contributed by atoms with van der Waals surface area (Å²) in [6, 6.07) is 0.465. The molecule has 0 spiro atoms. The van der Waals surface area contributed by atoms with Crippen LogP contribution in [0.5, 0.6) is 0 Å². The van der Waals surface area contributed by atoms with Gasteiger partial charge < -0.3 is 5.32 Å². The summed E-state index contributed by atoms with van der Waals surface area (Å²) in [5, 5.41) is 4.79. The zero-order chi connectivity index (χ0) is 11.3. The van der Waals surface area contributed by atoms with E-state index in [1.807, 2.05) is 11.3 Å². The van der Waals surface area contributed by atoms with E-state index in [1.54, 1.807) is 0 Å². The van der Waals surface area contributed by atoms with Crippen LogP contribution in [0.1, 0.15) is 54.7 Å². The first-order valence-corrected chi connectivity index (χ1v) is 6.68. The Balaban J connectivity index is 2.69. The second kappa shape index (κ2) is 6.23. The number of rotatable bonds is 6. The van der Waals surface area contributed by atoms with E-state index in [2.05, 4.69) is 38.0 Å². The minimum atomic E-state index is 0.465. The summed E-state index contributed by atoms with van der Waals surface area (Å²) in [6.07, 6.45) is 3.73. The fourth-order valence-electron chi connectivity index (χ4n) is 1.61. The molecule has 0 radical (unpaired) electrons. The van der Waals surface area contributed by atoms with Crippen LogP contribution >= 0.6 is 11.3 Å². The van der Waals surface area contributed by atoms with E-state index in [4.69, 9.17) is 0 Å². The van der Waals surface area contributed by atoms with E-state index in [-0.39, 0.29) is 0 Å². The van der Waals surface area contributed by atoms with E-state index in [1.165, 1.54) is 34.8 Å². The van der Waals surface area contributed by atoms with Gasteiger partial charge in [-0.1, -0.05) is 26.7 Å². The molecule has 0 aliphatic carbocycles. The highest BCUT2D eigenvalue weighted by atomic mass is 32.1. The number of nitrogens with one attached hydrogen (secondary N) is 1. The maximum atomic E-state index is 4.64. The first kappa shape index (κ1) is 12.7. The topological polar surface area (TPSA) is 24.9 Å². The van der Waals surface area contributed by atoms with Crippen molar-refractivity contribution in [2.45, 2.75) is 53.0 Å². The smallest absolute Gasteiger partial charge is 0.110 e. The summed E-state index contributed by atoms with van der Waals surface area (Å²) in [5.41, 5.74) is 1.19. The Morgan fingerprint density at radius 1 is 1.33 bits per heavy atom. The maximum absolute atomic E-state index is 4.64. The zero-order valence-electron chi connectivity index (χ0n) is 10.3. The molecule has 15 heavy (non-hydrogen) atoms. The molecular weight excluding hydrogens is 204 g/mol. The average molecular weight is 226 g/mol. The van der Waals surface area contributed by atoms with Crippen molar-refractivity contribution >= 4 is 11.3 Å². The van der Waals surface area contributed by atoms with E-state index in [9.17, 15) is 0 Å². The predicted molar refractivity (Wildman–Crippen MR) is 67.5 cm³/mol. The quantitative estimate of drug-likeness (QED) is 0.801. The Labute approximate surface area is 97.1 Å². The van der Waals surface area contributed by atoms with Crippen LogP contribution in [0.15, 0.2) is 0 Å². The highest BCUT2D eigenvalue weighted by Gasteiger charge is 2.14. The van der Waals surface area contributed by atoms with Crippen molar-refractivity contribution in [3.63, 3.8) is 0 Å². The Bertz CT molecular complexity index is 274. The normalized spacial score (nSPS) is 13.1. The van der Waals surface area contributed by atoms with Gasteiger partial charge in [0.1, 0.15) is 5.01 Å². The molecule has 86 valence electrons. The fraction of sp³-hybridized carbons (Fsp3) is 0.750. The molecule has 0 aliphatic heterocycles. The molecule has 1 rings (SSSR count). The molecule has 1 aromatic heterocycles. The molecule has 0 aromatic carbocycles. The summed E-state index contributed by atoms with van der Waals surface area (Å²) < 4.78 is 0. The lowest BCUT2D eigenvalue weighted by atomic mass is 10.1. The molecule has 0 aliphatic rings. The second-order valence-electron chi connectivity index (χ2n) is 3.95. The fourth-order valence-corrected chi connectivity index (χ4v) is 2.65. The number of hydrogen-bond acceptors (Lipinski definition) is 3. The molecule has 1 heterocycles. The van der Waals surface area contributed by atoms with Gasteiger partial charge >= 0.3 is 0 Å². The van der Waals surface area contributed by atoms with Crippen LogP contribution in [0.2, 0.25) is 0 Å². The summed E-state index contributed by atoms with van der Waals surface area (Å²) in [7, 11) is 0. The third kappa shape index (κ3) is 3.58. The van der Waals surface area contributed by atoms with Crippen LogP contribution in [0.4, 0.5) is 0 Å². The van der Waals surface area contributed by atoms with Crippen LogP contribution in [0.3, 0.4) is 0 Å². The number of aryl methyl sites for hydroxylation is 2. The summed E-state index contributed by atoms with van der Waals surface area (Å²) >= 11 is 1.84. The van der Waals surface area contributed by atoms with E-state index >= 15 is 0 Å². The molecule has 0 amide bonds. The number of unbranched alkanes of at least 4 members (excludes halogenated alkanes) is 1. The molecule has 0 fully saturated rings. The number of nitrogens with zero attached hydrogens (tertiary/aromatic N) is 1. The Kier molecular flexibility index (Phi) is 5.26. The molecule has 2 nitrogen and oxygen atoms in total. The highest BCUT2D eigenvalue weighted by Crippen LogP contribution is 2.26. The van der Waals surface area contributed by atoms with Gasteiger partial charge in [-0.05, 0) is 26.8 Å². The van der Waals surface area contributed by atoms with Gasteiger partial charge in [-0.2, -0.15) is 0 Å². The zero-order valence-corrected chi connectivity index (χ0v) is 11.1. The minimum absolute atomic E-state index is 0.465. The molecule has 0 bridgehead atoms. The third-order valence-electron chi connectivity index (χ3n) is 2.64. The van der Waals surface area contributed by atoms with Crippen LogP contribution in [0.25, 0.3) is 0 Å². The third-order valence-corrected chi connectivity index (χ3v) is 3.83. The van der Waals surface area contributed by atoms with Gasteiger partial charge in [0.2, 0.25) is 0 Å². The largest absolute Gasteiger partial charge is 0.308 e. The van der Waals surface area contributed by atoms with Crippen LogP contribution in [-0.4, -0.2) is 11.5 Å². The first-order chi connectivity index (χ1) is 7.19. The Hall–Kier alpha value is -0.410. The maximum Gasteiger partial charge on any atom is 0.110 e. The first-order valence-electron chi connectivity index (χ1n) is 5.86. The van der Waals surface area contributed by atoms with Gasteiger partial charge in [-0.15, -0.1) is 11.3 Å².